The third kappa shape index (κ3) is 4.76. The van der Waals surface area contributed by atoms with Crippen LogP contribution in [0.15, 0.2) is 42.0 Å². The maximum absolute atomic E-state index is 14.2. The summed E-state index contributed by atoms with van der Waals surface area (Å²) in [6.07, 6.45) is 2.60. The number of hydrogen-bond donors (Lipinski definition) is 1. The third-order valence-corrected chi connectivity index (χ3v) is 5.57. The molecule has 2 aliphatic rings. The van der Waals surface area contributed by atoms with Gasteiger partial charge in [-0.15, -0.1) is 0 Å². The van der Waals surface area contributed by atoms with E-state index in [2.05, 4.69) is 10.2 Å². The molecule has 1 unspecified atom stereocenters. The number of halogens is 2. The van der Waals surface area contributed by atoms with Crippen molar-refractivity contribution >= 4 is 11.8 Å². The first kappa shape index (κ1) is 20.5. The number of alkyl halides is 2. The molecule has 2 aliphatic heterocycles. The molecule has 2 saturated heterocycles. The minimum atomic E-state index is -2.97. The summed E-state index contributed by atoms with van der Waals surface area (Å²) in [5, 5.41) is 2.72. The number of carbonyl (C=O) groups excluding carboxylic acids is 2. The van der Waals surface area contributed by atoms with Crippen LogP contribution in [-0.4, -0.2) is 66.3 Å². The monoisotopic (exact) mass is 391 g/mol. The molecule has 7 heteroatoms. The Hall–Kier alpha value is -2.28. The number of nitrogens with zero attached hydrogens (tertiary/aromatic N) is 2. The highest BCUT2D eigenvalue weighted by atomic mass is 19.3. The van der Waals surface area contributed by atoms with Crippen LogP contribution in [0, 0.1) is 0 Å². The first-order valence-electron chi connectivity index (χ1n) is 9.59. The number of rotatable bonds is 4. The van der Waals surface area contributed by atoms with Crippen molar-refractivity contribution in [1.82, 2.24) is 15.1 Å². The van der Waals surface area contributed by atoms with Crippen molar-refractivity contribution in [2.24, 2.45) is 0 Å². The van der Waals surface area contributed by atoms with Crippen LogP contribution in [-0.2, 0) is 4.79 Å². The Balaban J connectivity index is 1.71. The van der Waals surface area contributed by atoms with Crippen LogP contribution in [0.3, 0.4) is 0 Å². The molecule has 3 rings (SSSR count). The van der Waals surface area contributed by atoms with Gasteiger partial charge in [0.25, 0.3) is 11.8 Å². The number of likely N-dealkylation sites (tertiary alicyclic amines) is 2. The summed E-state index contributed by atoms with van der Waals surface area (Å²) < 4.78 is 28.4. The average molecular weight is 391 g/mol. The number of piperidine rings is 1. The van der Waals surface area contributed by atoms with Gasteiger partial charge in [-0.3, -0.25) is 9.59 Å². The summed E-state index contributed by atoms with van der Waals surface area (Å²) in [4.78, 5) is 28.5. The van der Waals surface area contributed by atoms with Gasteiger partial charge in [-0.1, -0.05) is 23.8 Å². The smallest absolute Gasteiger partial charge is 0.267 e. The van der Waals surface area contributed by atoms with Crippen LogP contribution >= 0.6 is 0 Å². The van der Waals surface area contributed by atoms with Crippen molar-refractivity contribution in [3.05, 3.63) is 47.5 Å². The van der Waals surface area contributed by atoms with Crippen molar-refractivity contribution < 1.29 is 18.4 Å². The number of benzene rings is 1. The van der Waals surface area contributed by atoms with Crippen LogP contribution in [0.5, 0.6) is 0 Å². The van der Waals surface area contributed by atoms with Gasteiger partial charge < -0.3 is 15.1 Å². The van der Waals surface area contributed by atoms with Gasteiger partial charge in [0, 0.05) is 37.7 Å². The predicted octanol–water partition coefficient (Wildman–Crippen LogP) is 2.69. The predicted molar refractivity (Wildman–Crippen MR) is 103 cm³/mol. The van der Waals surface area contributed by atoms with E-state index in [1.807, 2.05) is 7.05 Å². The summed E-state index contributed by atoms with van der Waals surface area (Å²) >= 11 is 0. The summed E-state index contributed by atoms with van der Waals surface area (Å²) in [5.74, 6) is -3.70. The highest BCUT2D eigenvalue weighted by Crippen LogP contribution is 2.39. The van der Waals surface area contributed by atoms with E-state index in [0.717, 1.165) is 31.5 Å². The molecular formula is C21H27F2N3O2. The first-order valence-corrected chi connectivity index (χ1v) is 9.59. The molecule has 2 fully saturated rings. The lowest BCUT2D eigenvalue weighted by Crippen LogP contribution is -2.52. The molecule has 1 aromatic carbocycles. The van der Waals surface area contributed by atoms with E-state index in [1.165, 1.54) is 11.0 Å². The minimum absolute atomic E-state index is 0.0199. The summed E-state index contributed by atoms with van der Waals surface area (Å²) in [7, 11) is 2.02. The number of amides is 2. The van der Waals surface area contributed by atoms with Crippen LogP contribution in [0.25, 0.3) is 0 Å². The Morgan fingerprint density at radius 3 is 2.46 bits per heavy atom. The molecule has 0 aliphatic carbocycles. The fourth-order valence-electron chi connectivity index (χ4n) is 3.90. The average Bonchev–Trinajstić information content (AvgIpc) is 2.92. The van der Waals surface area contributed by atoms with Gasteiger partial charge in [-0.05, 0) is 38.9 Å². The maximum atomic E-state index is 14.2. The van der Waals surface area contributed by atoms with Gasteiger partial charge in [0.2, 0.25) is 5.91 Å². The zero-order chi connectivity index (χ0) is 20.4. The lowest BCUT2D eigenvalue weighted by Gasteiger charge is -2.34. The van der Waals surface area contributed by atoms with Gasteiger partial charge in [-0.25, -0.2) is 8.78 Å². The number of hydrogen-bond acceptors (Lipinski definition) is 3. The van der Waals surface area contributed by atoms with Gasteiger partial charge >= 0.3 is 0 Å². The highest BCUT2D eigenvalue weighted by molar-refractivity contribution is 5.94. The second-order valence-electron chi connectivity index (χ2n) is 8.11. The second-order valence-corrected chi connectivity index (χ2v) is 8.11. The van der Waals surface area contributed by atoms with Crippen molar-refractivity contribution in [3.8, 4) is 0 Å². The summed E-state index contributed by atoms with van der Waals surface area (Å²) in [6, 6.07) is 8.60. The van der Waals surface area contributed by atoms with Gasteiger partial charge in [0.1, 0.15) is 0 Å². The van der Waals surface area contributed by atoms with E-state index in [0.29, 0.717) is 5.56 Å². The molecule has 1 N–H and O–H groups in total. The minimum Gasteiger partial charge on any atom is -0.350 e. The Bertz CT molecular complexity index is 756. The summed E-state index contributed by atoms with van der Waals surface area (Å²) in [5.41, 5.74) is 0.323. The van der Waals surface area contributed by atoms with Crippen LogP contribution in [0.4, 0.5) is 8.78 Å². The Kier molecular flexibility index (Phi) is 5.84. The molecule has 0 bridgehead atoms. The zero-order valence-corrected chi connectivity index (χ0v) is 16.4. The SMILES string of the molecule is CN1CCC(=CC(=O)N2CC(F)(F)CC2(C)CNC(=O)c2ccccc2)CC1. The third-order valence-electron chi connectivity index (χ3n) is 5.57. The fourth-order valence-corrected chi connectivity index (χ4v) is 3.90. The lowest BCUT2D eigenvalue weighted by atomic mass is 9.96. The Morgan fingerprint density at radius 2 is 1.82 bits per heavy atom. The highest BCUT2D eigenvalue weighted by Gasteiger charge is 2.53. The molecule has 1 atom stereocenters. The molecule has 152 valence electrons. The van der Waals surface area contributed by atoms with E-state index in [1.54, 1.807) is 37.3 Å². The summed E-state index contributed by atoms with van der Waals surface area (Å²) in [6.45, 7) is 2.70. The number of carbonyl (C=O) groups is 2. The lowest BCUT2D eigenvalue weighted by molar-refractivity contribution is -0.130. The van der Waals surface area contributed by atoms with Crippen molar-refractivity contribution in [2.75, 3.05) is 33.2 Å². The van der Waals surface area contributed by atoms with Gasteiger partial charge in [-0.2, -0.15) is 0 Å². The van der Waals surface area contributed by atoms with E-state index in [-0.39, 0.29) is 12.5 Å². The molecule has 2 heterocycles. The molecule has 2 amide bonds. The zero-order valence-electron chi connectivity index (χ0n) is 16.4. The normalized spacial score (nSPS) is 24.9. The fraction of sp³-hybridized carbons (Fsp3) is 0.524. The Labute approximate surface area is 164 Å². The van der Waals surface area contributed by atoms with Crippen LogP contribution in [0.2, 0.25) is 0 Å². The standard InChI is InChI=1S/C21H27F2N3O2/c1-20(14-24-19(28)17-6-4-3-5-7-17)13-21(22,23)15-26(20)18(27)12-16-8-10-25(2)11-9-16/h3-7,12H,8-11,13-15H2,1-2H3,(H,24,28). The molecule has 28 heavy (non-hydrogen) atoms. The van der Waals surface area contributed by atoms with Crippen molar-refractivity contribution in [1.29, 1.82) is 0 Å². The van der Waals surface area contributed by atoms with Crippen molar-refractivity contribution in [2.45, 2.75) is 37.6 Å². The first-order chi connectivity index (χ1) is 13.2. The molecule has 1 aromatic rings. The molecule has 0 aromatic heterocycles. The van der Waals surface area contributed by atoms with Crippen molar-refractivity contribution in [3.63, 3.8) is 0 Å². The Morgan fingerprint density at radius 1 is 1.18 bits per heavy atom. The number of nitrogens with one attached hydrogen (secondary N) is 1. The molecule has 0 spiro atoms. The topological polar surface area (TPSA) is 52.7 Å². The molecule has 5 nitrogen and oxygen atoms in total. The quantitative estimate of drug-likeness (QED) is 0.803. The van der Waals surface area contributed by atoms with E-state index in [4.69, 9.17) is 0 Å². The van der Waals surface area contributed by atoms with E-state index < -0.39 is 30.3 Å². The van der Waals surface area contributed by atoms with Crippen LogP contribution in [0.1, 0.15) is 36.5 Å². The molecule has 0 saturated carbocycles. The van der Waals surface area contributed by atoms with E-state index >= 15 is 0 Å². The van der Waals surface area contributed by atoms with Gasteiger partial charge in [0.05, 0.1) is 12.1 Å². The molecule has 0 radical (unpaired) electrons. The largest absolute Gasteiger partial charge is 0.350 e. The maximum Gasteiger partial charge on any atom is 0.267 e. The van der Waals surface area contributed by atoms with Gasteiger partial charge in [0.15, 0.2) is 0 Å². The molecular weight excluding hydrogens is 364 g/mol. The van der Waals surface area contributed by atoms with Crippen LogP contribution < -0.4 is 5.32 Å². The second kappa shape index (κ2) is 7.99. The van der Waals surface area contributed by atoms with E-state index in [9.17, 15) is 18.4 Å².